The molecule has 0 amide bonds. The van der Waals surface area contributed by atoms with Gasteiger partial charge in [0.15, 0.2) is 0 Å². The molecule has 0 unspecified atom stereocenters. The molecule has 0 rings (SSSR count). The van der Waals surface area contributed by atoms with E-state index in [9.17, 15) is 0 Å². The predicted octanol–water partition coefficient (Wildman–Crippen LogP) is -0.955. The van der Waals surface area contributed by atoms with E-state index in [4.69, 9.17) is 28.4 Å². The highest BCUT2D eigenvalue weighted by molar-refractivity contribution is 7.79. The lowest BCUT2D eigenvalue weighted by molar-refractivity contribution is 0.286. The van der Waals surface area contributed by atoms with Crippen molar-refractivity contribution in [1.29, 1.82) is 0 Å². The van der Waals surface area contributed by atoms with E-state index in [1.54, 1.807) is 0 Å². The van der Waals surface area contributed by atoms with Gasteiger partial charge in [-0.05, 0) is 38.9 Å². The summed E-state index contributed by atoms with van der Waals surface area (Å²) in [6.45, 7) is 3.00. The van der Waals surface area contributed by atoms with Crippen LogP contribution >= 0.6 is 0 Å². The topological polar surface area (TPSA) is 133 Å². The number of hydrogen-bond acceptors (Lipinski definition) is 5. The van der Waals surface area contributed by atoms with Crippen LogP contribution in [0.5, 0.6) is 0 Å². The summed E-state index contributed by atoms with van der Waals surface area (Å²) in [7, 11) is -4.67. The summed E-state index contributed by atoms with van der Waals surface area (Å²) in [5.41, 5.74) is 5.30. The molecule has 0 aliphatic carbocycles. The lowest BCUT2D eigenvalue weighted by Gasteiger charge is -2.00. The fourth-order valence-electron chi connectivity index (χ4n) is 0.723. The Bertz CT molecular complexity index is 191. The standard InChI is InChI=1S/C7H18N2O.H2O4S/c8-4-1-2-5-9-6-3-7-10;1-5(2,3)4/h9-10H,1-8H2;(H2,1,2,3,4). The summed E-state index contributed by atoms with van der Waals surface area (Å²) in [5.74, 6) is 0. The molecule has 0 aromatic rings. The van der Waals surface area contributed by atoms with Crippen LogP contribution in [-0.2, 0) is 10.4 Å². The molecule has 0 aromatic carbocycles. The SMILES string of the molecule is NCCCCNCCCO.O=S(=O)(O)O. The summed E-state index contributed by atoms with van der Waals surface area (Å²) < 4.78 is 31.6. The lowest BCUT2D eigenvalue weighted by Crippen LogP contribution is -2.18. The maximum atomic E-state index is 8.74. The molecule has 0 radical (unpaired) electrons. The average Bonchev–Trinajstić information content (AvgIpc) is 2.08. The van der Waals surface area contributed by atoms with Crippen LogP contribution in [-0.4, -0.2) is 48.9 Å². The molecule has 0 spiro atoms. The first-order chi connectivity index (χ1) is 6.91. The molecule has 0 aliphatic heterocycles. The Morgan fingerprint density at radius 1 is 1.07 bits per heavy atom. The first-order valence-corrected chi connectivity index (χ1v) is 6.03. The number of rotatable bonds is 7. The van der Waals surface area contributed by atoms with E-state index >= 15 is 0 Å². The molecule has 6 N–H and O–H groups in total. The summed E-state index contributed by atoms with van der Waals surface area (Å²) in [5, 5.41) is 11.6. The van der Waals surface area contributed by atoms with E-state index in [0.717, 1.165) is 38.9 Å². The maximum absolute atomic E-state index is 8.74. The Hall–Kier alpha value is -0.250. The average molecular weight is 244 g/mol. The van der Waals surface area contributed by atoms with Crippen LogP contribution in [0.3, 0.4) is 0 Å². The maximum Gasteiger partial charge on any atom is 0.394 e. The van der Waals surface area contributed by atoms with Crippen LogP contribution < -0.4 is 11.1 Å². The van der Waals surface area contributed by atoms with Gasteiger partial charge in [-0.1, -0.05) is 0 Å². The second kappa shape index (κ2) is 11.8. The van der Waals surface area contributed by atoms with Gasteiger partial charge in [-0.3, -0.25) is 9.11 Å². The minimum atomic E-state index is -4.67. The summed E-state index contributed by atoms with van der Waals surface area (Å²) in [6, 6.07) is 0. The third-order valence-electron chi connectivity index (χ3n) is 1.32. The van der Waals surface area contributed by atoms with Gasteiger partial charge in [0.2, 0.25) is 0 Å². The Morgan fingerprint density at radius 2 is 1.53 bits per heavy atom. The number of unbranched alkanes of at least 4 members (excludes halogenated alkanes) is 1. The monoisotopic (exact) mass is 244 g/mol. The Kier molecular flexibility index (Phi) is 13.5. The van der Waals surface area contributed by atoms with E-state index in [1.807, 2.05) is 0 Å². The van der Waals surface area contributed by atoms with E-state index in [2.05, 4.69) is 5.32 Å². The second-order valence-corrected chi connectivity index (χ2v) is 3.67. The van der Waals surface area contributed by atoms with E-state index in [-0.39, 0.29) is 6.61 Å². The molecule has 15 heavy (non-hydrogen) atoms. The molecule has 0 saturated carbocycles. The number of nitrogens with one attached hydrogen (secondary N) is 1. The molecule has 0 aromatic heterocycles. The van der Waals surface area contributed by atoms with Gasteiger partial charge < -0.3 is 16.2 Å². The summed E-state index contributed by atoms with van der Waals surface area (Å²) in [4.78, 5) is 0. The van der Waals surface area contributed by atoms with Gasteiger partial charge in [-0.25, -0.2) is 0 Å². The van der Waals surface area contributed by atoms with Crippen molar-refractivity contribution in [2.45, 2.75) is 19.3 Å². The number of aliphatic hydroxyl groups is 1. The molecule has 0 saturated heterocycles. The molecule has 7 nitrogen and oxygen atoms in total. The lowest BCUT2D eigenvalue weighted by atomic mass is 10.3. The van der Waals surface area contributed by atoms with Crippen LogP contribution in [0.2, 0.25) is 0 Å². The zero-order valence-corrected chi connectivity index (χ0v) is 9.41. The number of aliphatic hydroxyl groups excluding tert-OH is 1. The molecule has 0 heterocycles. The first-order valence-electron chi connectivity index (χ1n) is 4.63. The van der Waals surface area contributed by atoms with Gasteiger partial charge in [0.1, 0.15) is 0 Å². The quantitative estimate of drug-likeness (QED) is 0.288. The van der Waals surface area contributed by atoms with Crippen LogP contribution in [0, 0.1) is 0 Å². The minimum absolute atomic E-state index is 0.282. The molecule has 8 heteroatoms. The van der Waals surface area contributed by atoms with Gasteiger partial charge in [-0.15, -0.1) is 0 Å². The van der Waals surface area contributed by atoms with Gasteiger partial charge in [0.25, 0.3) is 0 Å². The highest BCUT2D eigenvalue weighted by Crippen LogP contribution is 1.82. The van der Waals surface area contributed by atoms with Crippen molar-refractivity contribution in [3.63, 3.8) is 0 Å². The molecule has 94 valence electrons. The zero-order valence-electron chi connectivity index (χ0n) is 8.59. The molecule has 0 atom stereocenters. The molecular formula is C7H20N2O5S. The van der Waals surface area contributed by atoms with Crippen molar-refractivity contribution in [2.75, 3.05) is 26.2 Å². The third-order valence-corrected chi connectivity index (χ3v) is 1.32. The molecule has 0 aliphatic rings. The van der Waals surface area contributed by atoms with Crippen molar-refractivity contribution in [3.05, 3.63) is 0 Å². The van der Waals surface area contributed by atoms with E-state index < -0.39 is 10.4 Å². The smallest absolute Gasteiger partial charge is 0.394 e. The van der Waals surface area contributed by atoms with E-state index in [1.165, 1.54) is 0 Å². The normalized spacial score (nSPS) is 10.7. The summed E-state index contributed by atoms with van der Waals surface area (Å²) in [6.07, 6.45) is 3.08. The molecule has 0 bridgehead atoms. The fourth-order valence-corrected chi connectivity index (χ4v) is 0.723. The second-order valence-electron chi connectivity index (χ2n) is 2.77. The minimum Gasteiger partial charge on any atom is -0.396 e. The largest absolute Gasteiger partial charge is 0.396 e. The van der Waals surface area contributed by atoms with Gasteiger partial charge >= 0.3 is 10.4 Å². The Labute approximate surface area is 90.3 Å². The summed E-state index contributed by atoms with van der Waals surface area (Å²) >= 11 is 0. The highest BCUT2D eigenvalue weighted by Gasteiger charge is 1.86. The van der Waals surface area contributed by atoms with Gasteiger partial charge in [-0.2, -0.15) is 8.42 Å². The first kappa shape index (κ1) is 17.2. The molecule has 0 fully saturated rings. The number of hydrogen-bond donors (Lipinski definition) is 5. The van der Waals surface area contributed by atoms with Crippen molar-refractivity contribution in [3.8, 4) is 0 Å². The number of nitrogens with two attached hydrogens (primary N) is 1. The third kappa shape index (κ3) is 41.7. The van der Waals surface area contributed by atoms with E-state index in [0.29, 0.717) is 0 Å². The predicted molar refractivity (Wildman–Crippen MR) is 57.0 cm³/mol. The Morgan fingerprint density at radius 3 is 1.93 bits per heavy atom. The van der Waals surface area contributed by atoms with Gasteiger partial charge in [0, 0.05) is 6.61 Å². The highest BCUT2D eigenvalue weighted by atomic mass is 32.3. The van der Waals surface area contributed by atoms with Crippen molar-refractivity contribution in [1.82, 2.24) is 5.32 Å². The fraction of sp³-hybridized carbons (Fsp3) is 1.00. The van der Waals surface area contributed by atoms with Crippen LogP contribution in [0.25, 0.3) is 0 Å². The Balaban J connectivity index is 0. The van der Waals surface area contributed by atoms with Crippen LogP contribution in [0.4, 0.5) is 0 Å². The van der Waals surface area contributed by atoms with Crippen molar-refractivity contribution in [2.24, 2.45) is 5.73 Å². The van der Waals surface area contributed by atoms with Gasteiger partial charge in [0.05, 0.1) is 0 Å². The molecular weight excluding hydrogens is 224 g/mol. The zero-order chi connectivity index (χ0) is 12.2. The van der Waals surface area contributed by atoms with Crippen LogP contribution in [0.15, 0.2) is 0 Å². The van der Waals surface area contributed by atoms with Crippen molar-refractivity contribution >= 4 is 10.4 Å². The van der Waals surface area contributed by atoms with Crippen LogP contribution in [0.1, 0.15) is 19.3 Å². The van der Waals surface area contributed by atoms with Crippen molar-refractivity contribution < 1.29 is 22.6 Å².